The van der Waals surface area contributed by atoms with Crippen LogP contribution in [0.2, 0.25) is 0 Å². The second-order valence-corrected chi connectivity index (χ2v) is 12.0. The monoisotopic (exact) mass is 584 g/mol. The summed E-state index contributed by atoms with van der Waals surface area (Å²) < 4.78 is 42.7. The summed E-state index contributed by atoms with van der Waals surface area (Å²) in [4.78, 5) is 30.1. The van der Waals surface area contributed by atoms with Gasteiger partial charge in [0.2, 0.25) is 15.2 Å². The Morgan fingerprint density at radius 2 is 1.85 bits per heavy atom. The summed E-state index contributed by atoms with van der Waals surface area (Å²) in [5.41, 5.74) is 2.34. The number of nitrogens with zero attached hydrogens (tertiary/aromatic N) is 6. The maximum atomic E-state index is 13.5. The van der Waals surface area contributed by atoms with E-state index in [4.69, 9.17) is 0 Å². The molecule has 3 heterocycles. The van der Waals surface area contributed by atoms with Crippen LogP contribution in [0.25, 0.3) is 16.4 Å². The van der Waals surface area contributed by atoms with E-state index in [1.165, 1.54) is 46.1 Å². The van der Waals surface area contributed by atoms with Crippen molar-refractivity contribution >= 4 is 33.0 Å². The number of nitro benzene ring substituents is 1. The van der Waals surface area contributed by atoms with Crippen LogP contribution in [-0.4, -0.2) is 68.9 Å². The van der Waals surface area contributed by atoms with Crippen molar-refractivity contribution in [3.05, 3.63) is 87.3 Å². The fourth-order valence-corrected chi connectivity index (χ4v) is 7.13. The average molecular weight is 585 g/mol. The molecule has 0 bridgehead atoms. The summed E-state index contributed by atoms with van der Waals surface area (Å²) in [6, 6.07) is 10.3. The van der Waals surface area contributed by atoms with Crippen LogP contribution in [0, 0.1) is 15.9 Å². The number of benzene rings is 2. The summed E-state index contributed by atoms with van der Waals surface area (Å²) in [5.74, 6) is -0.584. The molecule has 0 spiro atoms. The SMILES string of the molecule is CCc1c(C(=O)N2CCN(S(=O)(=O)c3ccc([N+](=O)[O-])cc3)C(C)C2)cnn1-c1nc(-c2ccc(F)cc2)cs1. The van der Waals surface area contributed by atoms with Crippen molar-refractivity contribution in [1.82, 2.24) is 24.0 Å². The minimum Gasteiger partial charge on any atom is -0.336 e. The van der Waals surface area contributed by atoms with Crippen LogP contribution in [0.15, 0.2) is 65.0 Å². The first-order chi connectivity index (χ1) is 19.1. The second kappa shape index (κ2) is 10.9. The quantitative estimate of drug-likeness (QED) is 0.236. The number of hydrogen-bond acceptors (Lipinski definition) is 8. The van der Waals surface area contributed by atoms with Gasteiger partial charge in [0.05, 0.1) is 33.0 Å². The predicted molar refractivity (Wildman–Crippen MR) is 146 cm³/mol. The Morgan fingerprint density at radius 3 is 2.48 bits per heavy atom. The molecule has 1 atom stereocenters. The van der Waals surface area contributed by atoms with Gasteiger partial charge in [0.15, 0.2) is 0 Å². The third-order valence-electron chi connectivity index (χ3n) is 6.76. The van der Waals surface area contributed by atoms with Crippen LogP contribution in [0.3, 0.4) is 0 Å². The standard InChI is InChI=1S/C26H25FN6O5S2/c1-3-24-22(14-28-32(24)26-29-23(16-39-26)18-4-6-19(27)7-5-18)25(34)30-12-13-31(17(2)15-30)40(37,38)21-10-8-20(9-11-21)33(35)36/h4-11,14,16-17H,3,12-13,15H2,1-2H3. The molecule has 0 N–H and O–H groups in total. The number of aromatic nitrogens is 3. The summed E-state index contributed by atoms with van der Waals surface area (Å²) in [5, 5.41) is 17.8. The highest BCUT2D eigenvalue weighted by atomic mass is 32.2. The average Bonchev–Trinajstić information content (AvgIpc) is 3.60. The molecule has 2 aromatic heterocycles. The van der Waals surface area contributed by atoms with Crippen molar-refractivity contribution in [3.63, 3.8) is 0 Å². The van der Waals surface area contributed by atoms with Gasteiger partial charge >= 0.3 is 0 Å². The molecule has 0 radical (unpaired) electrons. The Hall–Kier alpha value is -4.01. The Morgan fingerprint density at radius 1 is 1.15 bits per heavy atom. The third-order valence-corrected chi connectivity index (χ3v) is 9.60. The molecule has 1 saturated heterocycles. The Balaban J connectivity index is 1.32. The van der Waals surface area contributed by atoms with E-state index < -0.39 is 21.0 Å². The van der Waals surface area contributed by atoms with E-state index in [2.05, 4.69) is 10.1 Å². The van der Waals surface area contributed by atoms with Gasteiger partial charge in [-0.3, -0.25) is 14.9 Å². The first-order valence-corrected chi connectivity index (χ1v) is 14.8. The molecule has 208 valence electrons. The van der Waals surface area contributed by atoms with Crippen LogP contribution in [0.4, 0.5) is 10.1 Å². The first kappa shape index (κ1) is 27.6. The van der Waals surface area contributed by atoms with Gasteiger partial charge in [-0.2, -0.15) is 9.40 Å². The minimum atomic E-state index is -3.91. The summed E-state index contributed by atoms with van der Waals surface area (Å²) in [6.45, 7) is 4.06. The van der Waals surface area contributed by atoms with Gasteiger partial charge < -0.3 is 4.90 Å². The van der Waals surface area contributed by atoms with Gasteiger partial charge in [-0.05, 0) is 49.7 Å². The number of amides is 1. The molecule has 0 aliphatic carbocycles. The van der Waals surface area contributed by atoms with Crippen LogP contribution >= 0.6 is 11.3 Å². The molecule has 2 aromatic carbocycles. The molecule has 1 unspecified atom stereocenters. The number of rotatable bonds is 7. The number of non-ortho nitro benzene ring substituents is 1. The number of hydrogen-bond donors (Lipinski definition) is 0. The fraction of sp³-hybridized carbons (Fsp3) is 0.269. The number of sulfonamides is 1. The molecule has 1 aliphatic heterocycles. The van der Waals surface area contributed by atoms with Crippen molar-refractivity contribution in [2.45, 2.75) is 31.2 Å². The minimum absolute atomic E-state index is 0.0391. The molecule has 1 amide bonds. The number of piperazine rings is 1. The highest BCUT2D eigenvalue weighted by Crippen LogP contribution is 2.28. The van der Waals surface area contributed by atoms with Crippen molar-refractivity contribution in [1.29, 1.82) is 0 Å². The van der Waals surface area contributed by atoms with E-state index in [1.54, 1.807) is 28.6 Å². The molecular formula is C26H25FN6O5S2. The van der Waals surface area contributed by atoms with Gasteiger partial charge in [0.1, 0.15) is 5.82 Å². The smallest absolute Gasteiger partial charge is 0.269 e. The lowest BCUT2D eigenvalue weighted by Crippen LogP contribution is -2.55. The third kappa shape index (κ3) is 5.12. The number of halogens is 1. The van der Waals surface area contributed by atoms with Crippen molar-refractivity contribution in [3.8, 4) is 16.4 Å². The summed E-state index contributed by atoms with van der Waals surface area (Å²) in [6.07, 6.45) is 2.02. The topological polar surface area (TPSA) is 132 Å². The second-order valence-electron chi connectivity index (χ2n) is 9.26. The van der Waals surface area contributed by atoms with Gasteiger partial charge in [-0.15, -0.1) is 11.3 Å². The fourth-order valence-electron chi connectivity index (χ4n) is 4.70. The number of carbonyl (C=O) groups is 1. The van der Waals surface area contributed by atoms with Gasteiger partial charge in [-0.1, -0.05) is 6.92 Å². The van der Waals surface area contributed by atoms with E-state index in [-0.39, 0.29) is 41.9 Å². The lowest BCUT2D eigenvalue weighted by atomic mass is 10.1. The van der Waals surface area contributed by atoms with E-state index in [0.29, 0.717) is 28.5 Å². The van der Waals surface area contributed by atoms with Crippen LogP contribution in [0.1, 0.15) is 29.9 Å². The van der Waals surface area contributed by atoms with E-state index in [9.17, 15) is 27.7 Å². The van der Waals surface area contributed by atoms with Crippen LogP contribution in [-0.2, 0) is 16.4 Å². The predicted octanol–water partition coefficient (Wildman–Crippen LogP) is 4.14. The molecule has 0 saturated carbocycles. The lowest BCUT2D eigenvalue weighted by molar-refractivity contribution is -0.384. The number of carbonyl (C=O) groups excluding carboxylic acids is 1. The normalized spacial score (nSPS) is 16.3. The van der Waals surface area contributed by atoms with E-state index >= 15 is 0 Å². The molecule has 5 rings (SSSR count). The largest absolute Gasteiger partial charge is 0.336 e. The zero-order valence-electron chi connectivity index (χ0n) is 21.6. The molecule has 4 aromatic rings. The van der Waals surface area contributed by atoms with Gasteiger partial charge in [0, 0.05) is 48.8 Å². The highest BCUT2D eigenvalue weighted by Gasteiger charge is 2.36. The van der Waals surface area contributed by atoms with E-state index in [0.717, 1.165) is 17.7 Å². The molecular weight excluding hydrogens is 559 g/mol. The number of thiazole rings is 1. The Labute approximate surface area is 233 Å². The zero-order valence-corrected chi connectivity index (χ0v) is 23.2. The van der Waals surface area contributed by atoms with E-state index in [1.807, 2.05) is 12.3 Å². The molecule has 14 heteroatoms. The maximum absolute atomic E-state index is 13.5. The molecule has 1 fully saturated rings. The Kier molecular flexibility index (Phi) is 7.49. The first-order valence-electron chi connectivity index (χ1n) is 12.4. The lowest BCUT2D eigenvalue weighted by Gasteiger charge is -2.38. The Bertz CT molecular complexity index is 1670. The van der Waals surface area contributed by atoms with Crippen LogP contribution < -0.4 is 0 Å². The highest BCUT2D eigenvalue weighted by molar-refractivity contribution is 7.89. The van der Waals surface area contributed by atoms with Crippen molar-refractivity contribution in [2.24, 2.45) is 0 Å². The van der Waals surface area contributed by atoms with Crippen molar-refractivity contribution < 1.29 is 22.5 Å². The van der Waals surface area contributed by atoms with Gasteiger partial charge in [-0.25, -0.2) is 22.5 Å². The number of nitro groups is 1. The molecule has 1 aliphatic rings. The zero-order chi connectivity index (χ0) is 28.6. The maximum Gasteiger partial charge on any atom is 0.269 e. The van der Waals surface area contributed by atoms with Crippen LogP contribution in [0.5, 0.6) is 0 Å². The summed E-state index contributed by atoms with van der Waals surface area (Å²) >= 11 is 1.36. The van der Waals surface area contributed by atoms with Crippen molar-refractivity contribution in [2.75, 3.05) is 19.6 Å². The van der Waals surface area contributed by atoms with Gasteiger partial charge in [0.25, 0.3) is 11.6 Å². The molecule has 11 nitrogen and oxygen atoms in total. The summed E-state index contributed by atoms with van der Waals surface area (Å²) in [7, 11) is -3.91. The molecule has 40 heavy (non-hydrogen) atoms.